The van der Waals surface area contributed by atoms with E-state index >= 15 is 0 Å². The van der Waals surface area contributed by atoms with Gasteiger partial charge in [-0.1, -0.05) is 91.7 Å². The van der Waals surface area contributed by atoms with E-state index in [1.807, 2.05) is 0 Å². The molecule has 2 aromatic rings. The summed E-state index contributed by atoms with van der Waals surface area (Å²) in [5.74, 6) is 0. The lowest BCUT2D eigenvalue weighted by atomic mass is 10.3. The van der Waals surface area contributed by atoms with Crippen LogP contribution in [0.5, 0.6) is 0 Å². The van der Waals surface area contributed by atoms with E-state index in [2.05, 4.69) is 74.5 Å². The Kier molecular flexibility index (Phi) is 6.02. The fraction of sp³-hybridized carbons (Fsp3) is 0.294. The molecular weight excluding hydrogens is 266 g/mol. The standard InChI is InChI=1S/C17H22P2/c1-14(18-16-9-5-3-6-10-16)13-15(2)19-17-11-7-4-8-12-17/h3-12,14-15,18-19H,13H2,1-2H3. The van der Waals surface area contributed by atoms with Gasteiger partial charge in [-0.15, -0.1) is 0 Å². The van der Waals surface area contributed by atoms with Crippen molar-refractivity contribution < 1.29 is 0 Å². The van der Waals surface area contributed by atoms with Crippen molar-refractivity contribution in [1.82, 2.24) is 0 Å². The lowest BCUT2D eigenvalue weighted by Gasteiger charge is -2.17. The summed E-state index contributed by atoms with van der Waals surface area (Å²) in [6, 6.07) is 21.8. The van der Waals surface area contributed by atoms with Crippen LogP contribution in [-0.4, -0.2) is 11.3 Å². The zero-order valence-corrected chi connectivity index (χ0v) is 13.6. The molecule has 0 aromatic heterocycles. The first kappa shape index (κ1) is 14.7. The smallest absolute Gasteiger partial charge is 0.0219 e. The largest absolute Gasteiger partial charge is 0.0875 e. The number of hydrogen-bond acceptors (Lipinski definition) is 0. The van der Waals surface area contributed by atoms with Crippen LogP contribution in [0.15, 0.2) is 60.7 Å². The molecule has 0 aliphatic heterocycles. The van der Waals surface area contributed by atoms with Gasteiger partial charge in [0.15, 0.2) is 0 Å². The van der Waals surface area contributed by atoms with Crippen molar-refractivity contribution in [2.24, 2.45) is 0 Å². The summed E-state index contributed by atoms with van der Waals surface area (Å²) in [6.07, 6.45) is 1.32. The van der Waals surface area contributed by atoms with Crippen molar-refractivity contribution in [1.29, 1.82) is 0 Å². The van der Waals surface area contributed by atoms with Crippen LogP contribution in [0.3, 0.4) is 0 Å². The monoisotopic (exact) mass is 288 g/mol. The zero-order valence-electron chi connectivity index (χ0n) is 11.6. The van der Waals surface area contributed by atoms with Gasteiger partial charge in [0, 0.05) is 0 Å². The first-order valence-electron chi connectivity index (χ1n) is 6.87. The Hall–Kier alpha value is -0.700. The van der Waals surface area contributed by atoms with E-state index in [9.17, 15) is 0 Å². The van der Waals surface area contributed by atoms with Gasteiger partial charge in [0.1, 0.15) is 0 Å². The molecule has 0 radical (unpaired) electrons. The topological polar surface area (TPSA) is 0 Å². The Morgan fingerprint density at radius 1 is 0.684 bits per heavy atom. The lowest BCUT2D eigenvalue weighted by molar-refractivity contribution is 0.799. The summed E-state index contributed by atoms with van der Waals surface area (Å²) in [4.78, 5) is 0. The second-order valence-corrected chi connectivity index (χ2v) is 8.76. The molecule has 0 fully saturated rings. The minimum atomic E-state index is 0.786. The van der Waals surface area contributed by atoms with Gasteiger partial charge in [-0.3, -0.25) is 0 Å². The molecule has 19 heavy (non-hydrogen) atoms. The van der Waals surface area contributed by atoms with Crippen LogP contribution >= 0.6 is 17.2 Å². The van der Waals surface area contributed by atoms with Gasteiger partial charge in [-0.05, 0) is 28.3 Å². The normalized spacial score (nSPS) is 15.3. The fourth-order valence-electron chi connectivity index (χ4n) is 2.29. The molecule has 0 heterocycles. The molecule has 100 valence electrons. The van der Waals surface area contributed by atoms with Crippen molar-refractivity contribution >= 4 is 27.8 Å². The van der Waals surface area contributed by atoms with Crippen LogP contribution in [0.2, 0.25) is 0 Å². The highest BCUT2D eigenvalue weighted by Crippen LogP contribution is 2.29. The van der Waals surface area contributed by atoms with Crippen LogP contribution in [0.1, 0.15) is 20.3 Å². The van der Waals surface area contributed by atoms with Crippen LogP contribution in [0.4, 0.5) is 0 Å². The average molecular weight is 288 g/mol. The first-order valence-corrected chi connectivity index (χ1v) is 9.02. The Morgan fingerprint density at radius 3 is 1.42 bits per heavy atom. The summed E-state index contributed by atoms with van der Waals surface area (Å²) < 4.78 is 0. The molecule has 0 bridgehead atoms. The maximum atomic E-state index is 2.39. The maximum Gasteiger partial charge on any atom is -0.0219 e. The quantitative estimate of drug-likeness (QED) is 0.700. The molecule has 0 aliphatic carbocycles. The average Bonchev–Trinajstić information content (AvgIpc) is 2.40. The number of hydrogen-bond donors (Lipinski definition) is 0. The summed E-state index contributed by atoms with van der Waals surface area (Å²) in [5.41, 5.74) is 1.57. The third-order valence-electron chi connectivity index (χ3n) is 3.08. The van der Waals surface area contributed by atoms with Crippen LogP contribution in [0.25, 0.3) is 0 Å². The van der Waals surface area contributed by atoms with Gasteiger partial charge in [0.25, 0.3) is 0 Å². The molecule has 4 atom stereocenters. The van der Waals surface area contributed by atoms with Crippen LogP contribution in [-0.2, 0) is 0 Å². The summed E-state index contributed by atoms with van der Waals surface area (Å²) in [7, 11) is 1.87. The molecule has 2 heteroatoms. The van der Waals surface area contributed by atoms with Crippen molar-refractivity contribution in [2.45, 2.75) is 31.6 Å². The Morgan fingerprint density at radius 2 is 1.05 bits per heavy atom. The second-order valence-electron chi connectivity index (χ2n) is 5.06. The van der Waals surface area contributed by atoms with E-state index in [1.165, 1.54) is 17.0 Å². The molecular formula is C17H22P2. The molecule has 0 spiro atoms. The second kappa shape index (κ2) is 7.78. The Balaban J connectivity index is 1.80. The Bertz CT molecular complexity index is 422. The highest BCUT2D eigenvalue weighted by molar-refractivity contribution is 7.49. The summed E-state index contributed by atoms with van der Waals surface area (Å²) >= 11 is 0. The van der Waals surface area contributed by atoms with Gasteiger partial charge >= 0.3 is 0 Å². The van der Waals surface area contributed by atoms with E-state index in [1.54, 1.807) is 0 Å². The molecule has 2 aromatic carbocycles. The fourth-order valence-corrected chi connectivity index (χ4v) is 5.37. The molecule has 0 aliphatic rings. The summed E-state index contributed by atoms with van der Waals surface area (Å²) in [5, 5.41) is 2.98. The van der Waals surface area contributed by atoms with E-state index in [4.69, 9.17) is 0 Å². The van der Waals surface area contributed by atoms with Crippen molar-refractivity contribution in [2.75, 3.05) is 0 Å². The van der Waals surface area contributed by atoms with Gasteiger partial charge in [0.2, 0.25) is 0 Å². The summed E-state index contributed by atoms with van der Waals surface area (Å²) in [6.45, 7) is 4.77. The Labute approximate surface area is 120 Å². The number of benzene rings is 2. The predicted octanol–water partition coefficient (Wildman–Crippen LogP) is 4.16. The van der Waals surface area contributed by atoms with Gasteiger partial charge in [-0.25, -0.2) is 0 Å². The molecule has 0 nitrogen and oxygen atoms in total. The van der Waals surface area contributed by atoms with Crippen LogP contribution < -0.4 is 10.6 Å². The van der Waals surface area contributed by atoms with Crippen LogP contribution in [0, 0.1) is 0 Å². The molecule has 0 N–H and O–H groups in total. The van der Waals surface area contributed by atoms with Crippen molar-refractivity contribution in [3.05, 3.63) is 60.7 Å². The van der Waals surface area contributed by atoms with Crippen molar-refractivity contribution in [3.8, 4) is 0 Å². The van der Waals surface area contributed by atoms with Gasteiger partial charge in [-0.2, -0.15) is 0 Å². The van der Waals surface area contributed by atoms with E-state index in [0.29, 0.717) is 0 Å². The van der Waals surface area contributed by atoms with E-state index in [0.717, 1.165) is 28.5 Å². The highest BCUT2D eigenvalue weighted by atomic mass is 31.1. The van der Waals surface area contributed by atoms with Gasteiger partial charge in [0.05, 0.1) is 0 Å². The van der Waals surface area contributed by atoms with E-state index < -0.39 is 0 Å². The molecule has 0 saturated heterocycles. The third kappa shape index (κ3) is 5.43. The molecule has 2 rings (SSSR count). The molecule has 0 saturated carbocycles. The minimum Gasteiger partial charge on any atom is -0.0875 e. The predicted molar refractivity (Wildman–Crippen MR) is 92.3 cm³/mol. The zero-order chi connectivity index (χ0) is 13.5. The lowest BCUT2D eigenvalue weighted by Crippen LogP contribution is -2.10. The van der Waals surface area contributed by atoms with E-state index in [-0.39, 0.29) is 0 Å². The maximum absolute atomic E-state index is 2.39. The number of rotatable bonds is 6. The first-order chi connectivity index (χ1) is 9.24. The highest BCUT2D eigenvalue weighted by Gasteiger charge is 2.10. The van der Waals surface area contributed by atoms with Crippen molar-refractivity contribution in [3.63, 3.8) is 0 Å². The molecule has 0 amide bonds. The third-order valence-corrected chi connectivity index (χ3v) is 5.87. The van der Waals surface area contributed by atoms with Gasteiger partial charge < -0.3 is 0 Å². The SMILES string of the molecule is CC(CC(C)Pc1ccccc1)Pc1ccccc1. The molecule has 4 unspecified atom stereocenters. The minimum absolute atomic E-state index is 0.786.